The first-order valence-corrected chi connectivity index (χ1v) is 5.85. The lowest BCUT2D eigenvalue weighted by atomic mass is 10.4. The second-order valence-electron chi connectivity index (χ2n) is 4.30. The molecule has 1 aliphatic carbocycles. The minimum absolute atomic E-state index is 0.231. The maximum atomic E-state index is 11.2. The Bertz CT molecular complexity index is 387. The summed E-state index contributed by atoms with van der Waals surface area (Å²) in [5.41, 5.74) is 0. The summed E-state index contributed by atoms with van der Waals surface area (Å²) < 4.78 is 9.98. The summed E-state index contributed by atoms with van der Waals surface area (Å²) in [4.78, 5) is 17.3. The Morgan fingerprint density at radius 3 is 3.00 bits per heavy atom. The number of carbonyl (C=O) groups excluding carboxylic acids is 1. The molecule has 0 saturated heterocycles. The predicted molar refractivity (Wildman–Crippen MR) is 59.2 cm³/mol. The SMILES string of the molecule is CCOC(=O)CN(C)Cc1nc(C2CC2)no1. The second-order valence-corrected chi connectivity index (χ2v) is 4.30. The van der Waals surface area contributed by atoms with Crippen molar-refractivity contribution in [3.05, 3.63) is 11.7 Å². The van der Waals surface area contributed by atoms with E-state index >= 15 is 0 Å². The lowest BCUT2D eigenvalue weighted by Crippen LogP contribution is -2.27. The van der Waals surface area contributed by atoms with Crippen molar-refractivity contribution in [1.29, 1.82) is 0 Å². The molecule has 0 N–H and O–H groups in total. The molecule has 6 nitrogen and oxygen atoms in total. The molecule has 0 amide bonds. The van der Waals surface area contributed by atoms with Crippen molar-refractivity contribution in [3.8, 4) is 0 Å². The van der Waals surface area contributed by atoms with Crippen LogP contribution in [-0.2, 0) is 16.1 Å². The van der Waals surface area contributed by atoms with Gasteiger partial charge in [0, 0.05) is 5.92 Å². The largest absolute Gasteiger partial charge is 0.465 e. The van der Waals surface area contributed by atoms with Crippen LogP contribution in [0.25, 0.3) is 0 Å². The Balaban J connectivity index is 1.80. The molecule has 0 radical (unpaired) electrons. The lowest BCUT2D eigenvalue weighted by Gasteiger charge is -2.12. The molecular formula is C11H17N3O3. The number of aromatic nitrogens is 2. The van der Waals surface area contributed by atoms with E-state index in [1.165, 1.54) is 0 Å². The Kier molecular flexibility index (Phi) is 3.73. The van der Waals surface area contributed by atoms with Crippen LogP contribution in [0, 0.1) is 0 Å². The van der Waals surface area contributed by atoms with Gasteiger partial charge in [0.2, 0.25) is 5.89 Å². The van der Waals surface area contributed by atoms with Crippen LogP contribution in [0.5, 0.6) is 0 Å². The van der Waals surface area contributed by atoms with Crippen molar-refractivity contribution in [3.63, 3.8) is 0 Å². The molecule has 0 aliphatic heterocycles. The van der Waals surface area contributed by atoms with Crippen molar-refractivity contribution >= 4 is 5.97 Å². The molecule has 0 bridgehead atoms. The van der Waals surface area contributed by atoms with Gasteiger partial charge < -0.3 is 9.26 Å². The maximum absolute atomic E-state index is 11.2. The van der Waals surface area contributed by atoms with Crippen molar-refractivity contribution in [2.45, 2.75) is 32.2 Å². The minimum Gasteiger partial charge on any atom is -0.465 e. The molecule has 0 spiro atoms. The van der Waals surface area contributed by atoms with Gasteiger partial charge in [-0.15, -0.1) is 0 Å². The predicted octanol–water partition coefficient (Wildman–Crippen LogP) is 0.942. The zero-order valence-corrected chi connectivity index (χ0v) is 10.2. The van der Waals surface area contributed by atoms with E-state index in [9.17, 15) is 4.79 Å². The summed E-state index contributed by atoms with van der Waals surface area (Å²) in [6.07, 6.45) is 2.30. The summed E-state index contributed by atoms with van der Waals surface area (Å²) >= 11 is 0. The molecule has 1 aliphatic rings. The Morgan fingerprint density at radius 2 is 2.35 bits per heavy atom. The smallest absolute Gasteiger partial charge is 0.320 e. The average molecular weight is 239 g/mol. The van der Waals surface area contributed by atoms with E-state index in [1.807, 2.05) is 7.05 Å². The molecule has 0 atom stereocenters. The first-order valence-electron chi connectivity index (χ1n) is 5.85. The average Bonchev–Trinajstić information content (AvgIpc) is 3.01. The van der Waals surface area contributed by atoms with Gasteiger partial charge in [0.15, 0.2) is 5.82 Å². The molecule has 0 unspecified atom stereocenters. The molecule has 0 aromatic carbocycles. The lowest BCUT2D eigenvalue weighted by molar-refractivity contribution is -0.144. The molecule has 94 valence electrons. The Labute approximate surface area is 99.9 Å². The van der Waals surface area contributed by atoms with Crippen molar-refractivity contribution < 1.29 is 14.1 Å². The third-order valence-electron chi connectivity index (χ3n) is 2.54. The van der Waals surface area contributed by atoms with Crippen LogP contribution in [0.2, 0.25) is 0 Å². The highest BCUT2D eigenvalue weighted by Gasteiger charge is 2.28. The number of rotatable bonds is 6. The van der Waals surface area contributed by atoms with Crippen LogP contribution in [0.15, 0.2) is 4.52 Å². The summed E-state index contributed by atoms with van der Waals surface area (Å²) in [5.74, 6) is 1.60. The van der Waals surface area contributed by atoms with Crippen LogP contribution in [0.3, 0.4) is 0 Å². The maximum Gasteiger partial charge on any atom is 0.320 e. The first kappa shape index (κ1) is 12.0. The third-order valence-corrected chi connectivity index (χ3v) is 2.54. The first-order chi connectivity index (χ1) is 8.19. The van der Waals surface area contributed by atoms with Gasteiger partial charge >= 0.3 is 5.97 Å². The Morgan fingerprint density at radius 1 is 1.59 bits per heavy atom. The van der Waals surface area contributed by atoms with Crippen LogP contribution >= 0.6 is 0 Å². The second kappa shape index (κ2) is 5.27. The van der Waals surface area contributed by atoms with Gasteiger partial charge in [-0.3, -0.25) is 9.69 Å². The minimum atomic E-state index is -0.239. The topological polar surface area (TPSA) is 68.5 Å². The summed E-state index contributed by atoms with van der Waals surface area (Å²) in [6, 6.07) is 0. The summed E-state index contributed by atoms with van der Waals surface area (Å²) in [5, 5.41) is 3.92. The van der Waals surface area contributed by atoms with Gasteiger partial charge in [0.05, 0.1) is 19.7 Å². The summed E-state index contributed by atoms with van der Waals surface area (Å²) in [6.45, 7) is 2.89. The monoisotopic (exact) mass is 239 g/mol. The number of esters is 1. The fraction of sp³-hybridized carbons (Fsp3) is 0.727. The van der Waals surface area contributed by atoms with Gasteiger partial charge in [0.25, 0.3) is 0 Å². The molecule has 6 heteroatoms. The van der Waals surface area contributed by atoms with E-state index in [2.05, 4.69) is 10.1 Å². The molecule has 1 aromatic heterocycles. The van der Waals surface area contributed by atoms with Crippen molar-refractivity contribution in [1.82, 2.24) is 15.0 Å². The molecule has 1 fully saturated rings. The number of nitrogens with zero attached hydrogens (tertiary/aromatic N) is 3. The highest BCUT2D eigenvalue weighted by molar-refractivity contribution is 5.71. The van der Waals surface area contributed by atoms with E-state index in [0.29, 0.717) is 25.0 Å². The standard InChI is InChI=1S/C11H17N3O3/c1-3-16-10(15)7-14(2)6-9-12-11(13-17-9)8-4-5-8/h8H,3-7H2,1-2H3. The van der Waals surface area contributed by atoms with Crippen LogP contribution < -0.4 is 0 Å². The molecule has 1 heterocycles. The fourth-order valence-corrected chi connectivity index (χ4v) is 1.55. The zero-order chi connectivity index (χ0) is 12.3. The van der Waals surface area contributed by atoms with Gasteiger partial charge in [-0.1, -0.05) is 5.16 Å². The van der Waals surface area contributed by atoms with Crippen molar-refractivity contribution in [2.75, 3.05) is 20.2 Å². The highest BCUT2D eigenvalue weighted by Crippen LogP contribution is 2.38. The van der Waals surface area contributed by atoms with E-state index in [4.69, 9.17) is 9.26 Å². The normalized spacial score (nSPS) is 15.2. The fourth-order valence-electron chi connectivity index (χ4n) is 1.55. The van der Waals surface area contributed by atoms with Crippen molar-refractivity contribution in [2.24, 2.45) is 0 Å². The van der Waals surface area contributed by atoms with Crippen LogP contribution in [-0.4, -0.2) is 41.2 Å². The van der Waals surface area contributed by atoms with Gasteiger partial charge in [0.1, 0.15) is 0 Å². The van der Waals surface area contributed by atoms with E-state index in [-0.39, 0.29) is 12.5 Å². The third kappa shape index (κ3) is 3.52. The number of ether oxygens (including phenoxy) is 1. The van der Waals surface area contributed by atoms with Crippen LogP contribution in [0.1, 0.15) is 37.4 Å². The van der Waals surface area contributed by atoms with Gasteiger partial charge in [-0.2, -0.15) is 4.98 Å². The quantitative estimate of drug-likeness (QED) is 0.688. The summed E-state index contributed by atoms with van der Waals surface area (Å²) in [7, 11) is 1.82. The number of likely N-dealkylation sites (N-methyl/N-ethyl adjacent to an activating group) is 1. The van der Waals surface area contributed by atoms with Gasteiger partial charge in [-0.25, -0.2) is 0 Å². The molecule has 2 rings (SSSR count). The van der Waals surface area contributed by atoms with Crippen LogP contribution in [0.4, 0.5) is 0 Å². The number of hydrogen-bond donors (Lipinski definition) is 0. The molecule has 1 saturated carbocycles. The van der Waals surface area contributed by atoms with E-state index < -0.39 is 0 Å². The van der Waals surface area contributed by atoms with E-state index in [0.717, 1.165) is 18.7 Å². The number of carbonyl (C=O) groups is 1. The zero-order valence-electron chi connectivity index (χ0n) is 10.2. The molecule has 1 aromatic rings. The Hall–Kier alpha value is -1.43. The van der Waals surface area contributed by atoms with Gasteiger partial charge in [-0.05, 0) is 26.8 Å². The van der Waals surface area contributed by atoms with E-state index in [1.54, 1.807) is 11.8 Å². The number of hydrogen-bond acceptors (Lipinski definition) is 6. The molecule has 17 heavy (non-hydrogen) atoms. The molecular weight excluding hydrogens is 222 g/mol. The highest BCUT2D eigenvalue weighted by atomic mass is 16.5.